The number of ether oxygens (including phenoxy) is 1. The molecule has 3 heteroatoms. The highest BCUT2D eigenvalue weighted by Crippen LogP contribution is 2.16. The third-order valence-corrected chi connectivity index (χ3v) is 2.07. The van der Waals surface area contributed by atoms with Gasteiger partial charge in [-0.05, 0) is 40.5 Å². The van der Waals surface area contributed by atoms with Gasteiger partial charge in [-0.25, -0.2) is 0 Å². The number of hydrogen-bond donors (Lipinski definition) is 1. The summed E-state index contributed by atoms with van der Waals surface area (Å²) < 4.78 is 5.27. The van der Waals surface area contributed by atoms with Crippen molar-refractivity contribution >= 4 is 5.97 Å². The van der Waals surface area contributed by atoms with Crippen LogP contribution in [0.15, 0.2) is 0 Å². The second kappa shape index (κ2) is 3.66. The van der Waals surface area contributed by atoms with Crippen LogP contribution in [0.1, 0.15) is 40.5 Å². The molecule has 0 aliphatic carbocycles. The first-order valence-electron chi connectivity index (χ1n) is 4.87. The molecule has 0 aromatic rings. The highest BCUT2D eigenvalue weighted by atomic mass is 16.6. The lowest BCUT2D eigenvalue weighted by Gasteiger charge is -2.22. The zero-order valence-electron chi connectivity index (χ0n) is 8.89. The molecular formula is C10H19NO2. The van der Waals surface area contributed by atoms with Crippen LogP contribution in [0.5, 0.6) is 0 Å². The summed E-state index contributed by atoms with van der Waals surface area (Å²) in [7, 11) is 0. The van der Waals surface area contributed by atoms with Crippen LogP contribution in [0.4, 0.5) is 0 Å². The molecule has 1 rings (SSSR count). The van der Waals surface area contributed by atoms with Crippen molar-refractivity contribution in [1.82, 2.24) is 5.32 Å². The van der Waals surface area contributed by atoms with Crippen LogP contribution in [-0.4, -0.2) is 23.7 Å². The molecule has 1 aliphatic heterocycles. The Kier molecular flexibility index (Phi) is 2.96. The number of hydrogen-bond acceptors (Lipinski definition) is 3. The Hall–Kier alpha value is -0.570. The standard InChI is InChI=1S/C10H19NO2/c1-7-5-6-8(11-7)9(12)13-10(2,3)4/h7-8,11H,5-6H2,1-4H3/t7-,8-/m1/s1. The first-order valence-corrected chi connectivity index (χ1v) is 4.87. The summed E-state index contributed by atoms with van der Waals surface area (Å²) in [5, 5.41) is 3.20. The van der Waals surface area contributed by atoms with Gasteiger partial charge in [0, 0.05) is 6.04 Å². The van der Waals surface area contributed by atoms with E-state index in [1.54, 1.807) is 0 Å². The van der Waals surface area contributed by atoms with Crippen molar-refractivity contribution in [3.8, 4) is 0 Å². The van der Waals surface area contributed by atoms with Crippen molar-refractivity contribution in [2.45, 2.75) is 58.2 Å². The average Bonchev–Trinajstić information content (AvgIpc) is 2.31. The molecule has 1 heterocycles. The summed E-state index contributed by atoms with van der Waals surface area (Å²) in [5.74, 6) is -0.114. The Morgan fingerprint density at radius 2 is 2.00 bits per heavy atom. The van der Waals surface area contributed by atoms with Gasteiger partial charge in [0.05, 0.1) is 0 Å². The molecule has 1 saturated heterocycles. The van der Waals surface area contributed by atoms with E-state index in [-0.39, 0.29) is 17.6 Å². The summed E-state index contributed by atoms with van der Waals surface area (Å²) in [6.45, 7) is 7.76. The first kappa shape index (κ1) is 10.5. The number of nitrogens with one attached hydrogen (secondary N) is 1. The normalized spacial score (nSPS) is 28.9. The van der Waals surface area contributed by atoms with Crippen LogP contribution in [0, 0.1) is 0 Å². The van der Waals surface area contributed by atoms with E-state index in [0.717, 1.165) is 12.8 Å². The van der Waals surface area contributed by atoms with Crippen LogP contribution in [0.25, 0.3) is 0 Å². The fraction of sp³-hybridized carbons (Fsp3) is 0.900. The minimum Gasteiger partial charge on any atom is -0.459 e. The third-order valence-electron chi connectivity index (χ3n) is 2.07. The topological polar surface area (TPSA) is 38.3 Å². The van der Waals surface area contributed by atoms with Gasteiger partial charge in [-0.1, -0.05) is 0 Å². The Morgan fingerprint density at radius 1 is 1.38 bits per heavy atom. The molecule has 13 heavy (non-hydrogen) atoms. The van der Waals surface area contributed by atoms with Gasteiger partial charge in [0.2, 0.25) is 0 Å². The summed E-state index contributed by atoms with van der Waals surface area (Å²) in [4.78, 5) is 11.5. The number of carbonyl (C=O) groups is 1. The molecule has 3 nitrogen and oxygen atoms in total. The van der Waals surface area contributed by atoms with Crippen molar-refractivity contribution in [1.29, 1.82) is 0 Å². The van der Waals surface area contributed by atoms with E-state index in [1.807, 2.05) is 20.8 Å². The van der Waals surface area contributed by atoms with E-state index in [2.05, 4.69) is 12.2 Å². The lowest BCUT2D eigenvalue weighted by molar-refractivity contribution is -0.157. The minimum absolute atomic E-state index is 0.0887. The molecule has 0 radical (unpaired) electrons. The van der Waals surface area contributed by atoms with E-state index in [0.29, 0.717) is 6.04 Å². The van der Waals surface area contributed by atoms with Crippen LogP contribution in [0.2, 0.25) is 0 Å². The molecule has 2 atom stereocenters. The molecule has 0 amide bonds. The van der Waals surface area contributed by atoms with Crippen molar-refractivity contribution in [3.63, 3.8) is 0 Å². The Labute approximate surface area is 79.8 Å². The maximum absolute atomic E-state index is 11.5. The van der Waals surface area contributed by atoms with Crippen LogP contribution >= 0.6 is 0 Å². The highest BCUT2D eigenvalue weighted by Gasteiger charge is 2.30. The van der Waals surface area contributed by atoms with Gasteiger partial charge >= 0.3 is 5.97 Å². The Bertz CT molecular complexity index is 196. The fourth-order valence-corrected chi connectivity index (χ4v) is 1.49. The molecule has 0 spiro atoms. The van der Waals surface area contributed by atoms with Gasteiger partial charge in [-0.3, -0.25) is 4.79 Å². The molecular weight excluding hydrogens is 166 g/mol. The van der Waals surface area contributed by atoms with Crippen LogP contribution < -0.4 is 5.32 Å². The van der Waals surface area contributed by atoms with E-state index in [9.17, 15) is 4.79 Å². The van der Waals surface area contributed by atoms with E-state index < -0.39 is 0 Å². The Morgan fingerprint density at radius 3 is 2.38 bits per heavy atom. The third kappa shape index (κ3) is 3.35. The largest absolute Gasteiger partial charge is 0.459 e. The number of carbonyl (C=O) groups excluding carboxylic acids is 1. The van der Waals surface area contributed by atoms with Crippen molar-refractivity contribution < 1.29 is 9.53 Å². The van der Waals surface area contributed by atoms with Gasteiger partial charge < -0.3 is 10.1 Å². The van der Waals surface area contributed by atoms with Gasteiger partial charge in [0.1, 0.15) is 11.6 Å². The van der Waals surface area contributed by atoms with Crippen molar-refractivity contribution in [2.75, 3.05) is 0 Å². The summed E-state index contributed by atoms with van der Waals surface area (Å²) >= 11 is 0. The molecule has 0 bridgehead atoms. The molecule has 76 valence electrons. The van der Waals surface area contributed by atoms with E-state index >= 15 is 0 Å². The molecule has 0 aromatic carbocycles. The Balaban J connectivity index is 2.41. The zero-order chi connectivity index (χ0) is 10.1. The molecule has 0 unspecified atom stereocenters. The summed E-state index contributed by atoms with van der Waals surface area (Å²) in [6.07, 6.45) is 1.96. The monoisotopic (exact) mass is 185 g/mol. The molecule has 1 N–H and O–H groups in total. The smallest absolute Gasteiger partial charge is 0.323 e. The number of rotatable bonds is 1. The van der Waals surface area contributed by atoms with Gasteiger partial charge in [-0.2, -0.15) is 0 Å². The van der Waals surface area contributed by atoms with E-state index in [1.165, 1.54) is 0 Å². The highest BCUT2D eigenvalue weighted by molar-refractivity contribution is 5.76. The maximum Gasteiger partial charge on any atom is 0.323 e. The van der Waals surface area contributed by atoms with Gasteiger partial charge in [0.15, 0.2) is 0 Å². The molecule has 1 fully saturated rings. The SMILES string of the molecule is C[C@@H]1CC[C@H](C(=O)OC(C)(C)C)N1. The summed E-state index contributed by atoms with van der Waals surface area (Å²) in [5.41, 5.74) is -0.370. The molecule has 0 aromatic heterocycles. The van der Waals surface area contributed by atoms with Crippen LogP contribution in [-0.2, 0) is 9.53 Å². The zero-order valence-corrected chi connectivity index (χ0v) is 8.89. The second-order valence-corrected chi connectivity index (χ2v) is 4.73. The fourth-order valence-electron chi connectivity index (χ4n) is 1.49. The van der Waals surface area contributed by atoms with Crippen molar-refractivity contribution in [2.24, 2.45) is 0 Å². The quantitative estimate of drug-likeness (QED) is 0.629. The minimum atomic E-state index is -0.370. The maximum atomic E-state index is 11.5. The lowest BCUT2D eigenvalue weighted by Crippen LogP contribution is -2.39. The lowest BCUT2D eigenvalue weighted by atomic mass is 10.1. The second-order valence-electron chi connectivity index (χ2n) is 4.73. The predicted octanol–water partition coefficient (Wildman–Crippen LogP) is 1.47. The predicted molar refractivity (Wildman–Crippen MR) is 51.5 cm³/mol. The number of esters is 1. The average molecular weight is 185 g/mol. The van der Waals surface area contributed by atoms with E-state index in [4.69, 9.17) is 4.74 Å². The van der Waals surface area contributed by atoms with Gasteiger partial charge in [-0.15, -0.1) is 0 Å². The van der Waals surface area contributed by atoms with Crippen molar-refractivity contribution in [3.05, 3.63) is 0 Å². The summed E-state index contributed by atoms with van der Waals surface area (Å²) in [6, 6.07) is 0.353. The molecule has 1 aliphatic rings. The first-order chi connectivity index (χ1) is 5.88. The molecule has 0 saturated carbocycles. The van der Waals surface area contributed by atoms with Crippen LogP contribution in [0.3, 0.4) is 0 Å². The van der Waals surface area contributed by atoms with Gasteiger partial charge in [0.25, 0.3) is 0 Å².